The van der Waals surface area contributed by atoms with Gasteiger partial charge in [0.25, 0.3) is 0 Å². The first kappa shape index (κ1) is 22.7. The number of aryl methyl sites for hydroxylation is 1. The van der Waals surface area contributed by atoms with Gasteiger partial charge in [0.15, 0.2) is 11.8 Å². The summed E-state index contributed by atoms with van der Waals surface area (Å²) in [5.74, 6) is 2.49. The van der Waals surface area contributed by atoms with Crippen molar-refractivity contribution in [3.63, 3.8) is 0 Å². The highest BCUT2D eigenvalue weighted by atomic mass is 127. The van der Waals surface area contributed by atoms with Crippen LogP contribution in [0.4, 0.5) is 4.39 Å². The lowest BCUT2D eigenvalue weighted by atomic mass is 10.1. The molecule has 26 heavy (non-hydrogen) atoms. The highest BCUT2D eigenvalue weighted by Gasteiger charge is 2.06. The fourth-order valence-electron chi connectivity index (χ4n) is 2.27. The summed E-state index contributed by atoms with van der Waals surface area (Å²) in [5.41, 5.74) is 2.01. The molecule has 1 heterocycles. The molecular weight excluding hydrogens is 468 g/mol. The minimum absolute atomic E-state index is 0. The van der Waals surface area contributed by atoms with Gasteiger partial charge < -0.3 is 15.2 Å². The average molecular weight is 493 g/mol. The molecule has 0 amide bonds. The Morgan fingerprint density at radius 1 is 1.31 bits per heavy atom. The molecule has 0 bridgehead atoms. The summed E-state index contributed by atoms with van der Waals surface area (Å²) >= 11 is 1.67. The van der Waals surface area contributed by atoms with Crippen LogP contribution in [0.5, 0.6) is 0 Å². The van der Waals surface area contributed by atoms with Gasteiger partial charge in [0.05, 0.1) is 6.54 Å². The Kier molecular flexibility index (Phi) is 10.6. The predicted molar refractivity (Wildman–Crippen MR) is 115 cm³/mol. The van der Waals surface area contributed by atoms with Gasteiger partial charge in [-0.25, -0.2) is 9.38 Å². The predicted octanol–water partition coefficient (Wildman–Crippen LogP) is 3.30. The largest absolute Gasteiger partial charge is 0.357 e. The normalized spacial score (nSPS) is 11.2. The first-order valence-corrected chi connectivity index (χ1v) is 9.59. The second kappa shape index (κ2) is 12.1. The molecule has 2 N–H and O–H groups in total. The molecule has 0 atom stereocenters. The van der Waals surface area contributed by atoms with E-state index in [0.717, 1.165) is 23.4 Å². The summed E-state index contributed by atoms with van der Waals surface area (Å²) in [5, 5.41) is 10.2. The molecule has 9 heteroatoms. The third kappa shape index (κ3) is 7.48. The van der Waals surface area contributed by atoms with Crippen molar-refractivity contribution in [2.24, 2.45) is 4.99 Å². The Hall–Kier alpha value is -1.36. The van der Waals surface area contributed by atoms with E-state index in [4.69, 9.17) is 4.52 Å². The van der Waals surface area contributed by atoms with Crippen molar-refractivity contribution >= 4 is 41.7 Å². The molecule has 0 unspecified atom stereocenters. The van der Waals surface area contributed by atoms with Crippen molar-refractivity contribution in [1.82, 2.24) is 20.8 Å². The maximum absolute atomic E-state index is 13.4. The van der Waals surface area contributed by atoms with E-state index in [0.29, 0.717) is 37.2 Å². The van der Waals surface area contributed by atoms with Gasteiger partial charge in [0, 0.05) is 25.3 Å². The number of guanidine groups is 1. The molecule has 1 aromatic heterocycles. The fraction of sp³-hybridized carbons (Fsp3) is 0.471. The molecule has 0 saturated heterocycles. The maximum atomic E-state index is 13.4. The van der Waals surface area contributed by atoms with Crippen LogP contribution in [0.3, 0.4) is 0 Å². The van der Waals surface area contributed by atoms with Crippen LogP contribution in [0, 0.1) is 12.7 Å². The van der Waals surface area contributed by atoms with E-state index >= 15 is 0 Å². The second-order valence-corrected chi connectivity index (χ2v) is 6.32. The van der Waals surface area contributed by atoms with Crippen molar-refractivity contribution < 1.29 is 8.91 Å². The van der Waals surface area contributed by atoms with Crippen molar-refractivity contribution in [3.05, 3.63) is 46.9 Å². The summed E-state index contributed by atoms with van der Waals surface area (Å²) in [7, 11) is 0. The fourth-order valence-corrected chi connectivity index (χ4v) is 2.85. The van der Waals surface area contributed by atoms with E-state index in [1.54, 1.807) is 30.8 Å². The molecule has 6 nitrogen and oxygen atoms in total. The van der Waals surface area contributed by atoms with Crippen LogP contribution in [0.1, 0.15) is 29.8 Å². The number of aliphatic imine (C=N–C) groups is 1. The first-order chi connectivity index (χ1) is 12.1. The quantitative estimate of drug-likeness (QED) is 0.334. The van der Waals surface area contributed by atoms with Crippen molar-refractivity contribution in [3.8, 4) is 0 Å². The standard InChI is InChI=1S/C17H24FN5OS.HI/c1-4-19-17(20-8-7-16-22-12(2)23-24-16)21-10-13-5-6-15(18)9-14(13)11-25-3;/h5-6,9H,4,7-8,10-11H2,1-3H3,(H2,19,20,21);1H. The Morgan fingerprint density at radius 3 is 2.77 bits per heavy atom. The average Bonchev–Trinajstić information content (AvgIpc) is 2.99. The number of thioether (sulfide) groups is 1. The molecule has 0 aliphatic heterocycles. The second-order valence-electron chi connectivity index (χ2n) is 5.45. The summed E-state index contributed by atoms with van der Waals surface area (Å²) in [6.45, 7) is 5.68. The van der Waals surface area contributed by atoms with Crippen molar-refractivity contribution in [2.75, 3.05) is 19.3 Å². The summed E-state index contributed by atoms with van der Waals surface area (Å²) in [6, 6.07) is 4.86. The lowest BCUT2D eigenvalue weighted by Gasteiger charge is -2.12. The van der Waals surface area contributed by atoms with Crippen LogP contribution in [0.25, 0.3) is 0 Å². The number of benzene rings is 1. The number of aromatic nitrogens is 2. The summed E-state index contributed by atoms with van der Waals surface area (Å²) in [6.07, 6.45) is 2.63. The van der Waals surface area contributed by atoms with Crippen LogP contribution in [-0.4, -0.2) is 35.4 Å². The lowest BCUT2D eigenvalue weighted by Crippen LogP contribution is -2.38. The molecule has 0 fully saturated rings. The molecule has 0 radical (unpaired) electrons. The first-order valence-electron chi connectivity index (χ1n) is 8.20. The summed E-state index contributed by atoms with van der Waals surface area (Å²) < 4.78 is 18.5. The SMILES string of the molecule is CCNC(=NCc1ccc(F)cc1CSC)NCCc1nc(C)no1.I. The van der Waals surface area contributed by atoms with Crippen LogP contribution >= 0.6 is 35.7 Å². The Morgan fingerprint density at radius 2 is 2.12 bits per heavy atom. The minimum Gasteiger partial charge on any atom is -0.357 e. The molecule has 0 aliphatic carbocycles. The zero-order chi connectivity index (χ0) is 18.1. The number of hydrogen-bond acceptors (Lipinski definition) is 5. The van der Waals surface area contributed by atoms with Gasteiger partial charge in [0.1, 0.15) is 5.82 Å². The summed E-state index contributed by atoms with van der Waals surface area (Å²) in [4.78, 5) is 8.76. The van der Waals surface area contributed by atoms with Crippen LogP contribution < -0.4 is 10.6 Å². The number of nitrogens with one attached hydrogen (secondary N) is 2. The Balaban J connectivity index is 0.00000338. The van der Waals surface area contributed by atoms with Crippen molar-refractivity contribution in [1.29, 1.82) is 0 Å². The van der Waals surface area contributed by atoms with Gasteiger partial charge in [-0.1, -0.05) is 11.2 Å². The Labute approximate surface area is 174 Å². The topological polar surface area (TPSA) is 75.3 Å². The molecule has 0 aliphatic rings. The van der Waals surface area contributed by atoms with E-state index in [1.807, 2.05) is 13.2 Å². The monoisotopic (exact) mass is 493 g/mol. The smallest absolute Gasteiger partial charge is 0.228 e. The van der Waals surface area contributed by atoms with Crippen LogP contribution in [-0.2, 0) is 18.7 Å². The highest BCUT2D eigenvalue weighted by Crippen LogP contribution is 2.17. The lowest BCUT2D eigenvalue weighted by molar-refractivity contribution is 0.374. The van der Waals surface area contributed by atoms with E-state index in [9.17, 15) is 4.39 Å². The Bertz CT molecular complexity index is 710. The molecule has 2 aromatic rings. The third-order valence-electron chi connectivity index (χ3n) is 3.42. The maximum Gasteiger partial charge on any atom is 0.228 e. The number of hydrogen-bond donors (Lipinski definition) is 2. The number of rotatable bonds is 8. The molecule has 144 valence electrons. The van der Waals surface area contributed by atoms with Gasteiger partial charge in [-0.3, -0.25) is 0 Å². The van der Waals surface area contributed by atoms with E-state index in [-0.39, 0.29) is 29.8 Å². The number of halogens is 2. The van der Waals surface area contributed by atoms with Gasteiger partial charge in [-0.2, -0.15) is 16.7 Å². The molecule has 0 spiro atoms. The highest BCUT2D eigenvalue weighted by molar-refractivity contribution is 14.0. The minimum atomic E-state index is -0.211. The van der Waals surface area contributed by atoms with Gasteiger partial charge in [-0.05, 0) is 43.4 Å². The third-order valence-corrected chi connectivity index (χ3v) is 4.02. The van der Waals surface area contributed by atoms with Gasteiger partial charge >= 0.3 is 0 Å². The zero-order valence-electron chi connectivity index (χ0n) is 15.2. The van der Waals surface area contributed by atoms with Crippen molar-refractivity contribution in [2.45, 2.75) is 32.6 Å². The van der Waals surface area contributed by atoms with E-state index in [1.165, 1.54) is 6.07 Å². The molecular formula is C17H25FIN5OS. The number of nitrogens with zero attached hydrogens (tertiary/aromatic N) is 3. The molecule has 2 rings (SSSR count). The molecule has 1 aromatic carbocycles. The zero-order valence-corrected chi connectivity index (χ0v) is 18.4. The van der Waals surface area contributed by atoms with Crippen LogP contribution in [0.2, 0.25) is 0 Å². The van der Waals surface area contributed by atoms with Gasteiger partial charge in [-0.15, -0.1) is 24.0 Å². The van der Waals surface area contributed by atoms with Gasteiger partial charge in [0.2, 0.25) is 5.89 Å². The van der Waals surface area contributed by atoms with E-state index < -0.39 is 0 Å². The van der Waals surface area contributed by atoms with E-state index in [2.05, 4.69) is 25.8 Å². The molecule has 0 saturated carbocycles. The van der Waals surface area contributed by atoms with Crippen LogP contribution in [0.15, 0.2) is 27.7 Å².